The van der Waals surface area contributed by atoms with E-state index in [2.05, 4.69) is 9.71 Å². The van der Waals surface area contributed by atoms with Gasteiger partial charge in [-0.15, -0.1) is 11.3 Å². The van der Waals surface area contributed by atoms with Crippen molar-refractivity contribution in [3.8, 4) is 0 Å². The molecule has 1 aromatic heterocycles. The number of hydrogen-bond acceptors (Lipinski definition) is 5. The summed E-state index contributed by atoms with van der Waals surface area (Å²) in [5.74, 6) is -1.17. The van der Waals surface area contributed by atoms with E-state index in [4.69, 9.17) is 5.11 Å². The van der Waals surface area contributed by atoms with E-state index in [1.807, 2.05) is 6.92 Å². The molecule has 0 aromatic carbocycles. The number of carboxylic acid groups (broad SMARTS) is 1. The first-order valence-electron chi connectivity index (χ1n) is 5.56. The highest BCUT2D eigenvalue weighted by Gasteiger charge is 2.19. The second-order valence-corrected chi connectivity index (χ2v) is 6.56. The third kappa shape index (κ3) is 5.11. The molecule has 0 saturated carbocycles. The van der Waals surface area contributed by atoms with Gasteiger partial charge < -0.3 is 5.11 Å². The number of sulfonamides is 1. The molecule has 1 unspecified atom stereocenters. The van der Waals surface area contributed by atoms with Gasteiger partial charge in [-0.2, -0.15) is 0 Å². The Morgan fingerprint density at radius 3 is 2.83 bits per heavy atom. The van der Waals surface area contributed by atoms with E-state index in [0.29, 0.717) is 6.42 Å². The summed E-state index contributed by atoms with van der Waals surface area (Å²) in [5, 5.41) is 11.0. The number of thiazole rings is 1. The maximum Gasteiger partial charge on any atom is 0.303 e. The van der Waals surface area contributed by atoms with Gasteiger partial charge in [0.2, 0.25) is 10.0 Å². The second kappa shape index (κ2) is 6.81. The lowest BCUT2D eigenvalue weighted by atomic mass is 10.3. The lowest BCUT2D eigenvalue weighted by Gasteiger charge is -2.14. The number of carboxylic acids is 1. The van der Waals surface area contributed by atoms with Crippen molar-refractivity contribution in [1.82, 2.24) is 9.71 Å². The molecule has 0 aliphatic carbocycles. The van der Waals surface area contributed by atoms with Gasteiger partial charge in [-0.25, -0.2) is 18.1 Å². The standard InChI is InChI=1S/C10H16N2O4S2/c1-2-8(10-11-5-6-17-10)12-18(15,16)7-3-4-9(13)14/h5-6,8,12H,2-4,7H2,1H3,(H,13,14). The van der Waals surface area contributed by atoms with Crippen LogP contribution >= 0.6 is 11.3 Å². The van der Waals surface area contributed by atoms with Gasteiger partial charge in [0, 0.05) is 18.0 Å². The largest absolute Gasteiger partial charge is 0.481 e. The summed E-state index contributed by atoms with van der Waals surface area (Å²) in [4.78, 5) is 14.4. The molecule has 0 fully saturated rings. The van der Waals surface area contributed by atoms with Crippen molar-refractivity contribution in [3.05, 3.63) is 16.6 Å². The molecule has 0 amide bonds. The Kier molecular flexibility index (Phi) is 5.70. The normalized spacial score (nSPS) is 13.4. The molecule has 0 spiro atoms. The summed E-state index contributed by atoms with van der Waals surface area (Å²) in [5.41, 5.74) is 0. The number of aliphatic carboxylic acids is 1. The highest BCUT2D eigenvalue weighted by Crippen LogP contribution is 2.19. The van der Waals surface area contributed by atoms with Crippen LogP contribution in [0.25, 0.3) is 0 Å². The first kappa shape index (κ1) is 15.1. The fourth-order valence-electron chi connectivity index (χ4n) is 1.40. The molecule has 0 bridgehead atoms. The molecular formula is C10H16N2O4S2. The molecule has 0 saturated heterocycles. The molecule has 1 heterocycles. The number of aromatic nitrogens is 1. The topological polar surface area (TPSA) is 96.4 Å². The molecular weight excluding hydrogens is 276 g/mol. The molecule has 1 aromatic rings. The fourth-order valence-corrected chi connectivity index (χ4v) is 3.61. The first-order chi connectivity index (χ1) is 8.44. The van der Waals surface area contributed by atoms with Crippen molar-refractivity contribution in [2.75, 3.05) is 5.75 Å². The van der Waals surface area contributed by atoms with Gasteiger partial charge in [-0.1, -0.05) is 6.92 Å². The monoisotopic (exact) mass is 292 g/mol. The zero-order valence-electron chi connectivity index (χ0n) is 10.00. The van der Waals surface area contributed by atoms with E-state index in [0.717, 1.165) is 5.01 Å². The van der Waals surface area contributed by atoms with Crippen molar-refractivity contribution in [1.29, 1.82) is 0 Å². The minimum absolute atomic E-state index is 0.110. The molecule has 1 rings (SSSR count). The van der Waals surface area contributed by atoms with Crippen LogP contribution in [0.5, 0.6) is 0 Å². The van der Waals surface area contributed by atoms with Gasteiger partial charge in [0.15, 0.2) is 0 Å². The zero-order chi connectivity index (χ0) is 13.6. The van der Waals surface area contributed by atoms with Crippen molar-refractivity contribution in [3.63, 3.8) is 0 Å². The Morgan fingerprint density at radius 1 is 1.61 bits per heavy atom. The third-order valence-electron chi connectivity index (χ3n) is 2.28. The van der Waals surface area contributed by atoms with Crippen molar-refractivity contribution in [2.45, 2.75) is 32.2 Å². The molecule has 0 radical (unpaired) electrons. The molecule has 1 atom stereocenters. The number of hydrogen-bond donors (Lipinski definition) is 2. The molecule has 18 heavy (non-hydrogen) atoms. The summed E-state index contributed by atoms with van der Waals surface area (Å²) >= 11 is 1.39. The Bertz CT molecular complexity index is 470. The van der Waals surface area contributed by atoms with Gasteiger partial charge in [-0.3, -0.25) is 4.79 Å². The van der Waals surface area contributed by atoms with Crippen LogP contribution in [0, 0.1) is 0 Å². The van der Waals surface area contributed by atoms with E-state index in [1.54, 1.807) is 11.6 Å². The van der Waals surface area contributed by atoms with Crippen LogP contribution in [0.1, 0.15) is 37.2 Å². The lowest BCUT2D eigenvalue weighted by Crippen LogP contribution is -2.30. The Balaban J connectivity index is 2.55. The number of rotatable bonds is 8. The maximum atomic E-state index is 11.7. The van der Waals surface area contributed by atoms with E-state index >= 15 is 0 Å². The Labute approximate surface area is 110 Å². The molecule has 102 valence electrons. The van der Waals surface area contributed by atoms with E-state index < -0.39 is 16.0 Å². The predicted octanol–water partition coefficient (Wildman–Crippen LogP) is 1.38. The highest BCUT2D eigenvalue weighted by atomic mass is 32.2. The average Bonchev–Trinajstić information content (AvgIpc) is 2.78. The van der Waals surface area contributed by atoms with E-state index in [1.165, 1.54) is 11.3 Å². The Morgan fingerprint density at radius 2 is 2.33 bits per heavy atom. The Hall–Kier alpha value is -0.990. The first-order valence-corrected chi connectivity index (χ1v) is 8.09. The van der Waals surface area contributed by atoms with E-state index in [9.17, 15) is 13.2 Å². The van der Waals surface area contributed by atoms with Gasteiger partial charge in [0.05, 0.1) is 11.8 Å². The van der Waals surface area contributed by atoms with Crippen LogP contribution in [0.3, 0.4) is 0 Å². The van der Waals surface area contributed by atoms with Crippen LogP contribution < -0.4 is 4.72 Å². The predicted molar refractivity (Wildman–Crippen MR) is 68.9 cm³/mol. The maximum absolute atomic E-state index is 11.7. The quantitative estimate of drug-likeness (QED) is 0.754. The second-order valence-electron chi connectivity index (χ2n) is 3.77. The summed E-state index contributed by atoms with van der Waals surface area (Å²) in [6.07, 6.45) is 2.20. The van der Waals surface area contributed by atoms with Crippen molar-refractivity contribution in [2.24, 2.45) is 0 Å². The number of carbonyl (C=O) groups is 1. The van der Waals surface area contributed by atoms with Crippen molar-refractivity contribution < 1.29 is 18.3 Å². The van der Waals surface area contributed by atoms with Crippen LogP contribution in [0.15, 0.2) is 11.6 Å². The highest BCUT2D eigenvalue weighted by molar-refractivity contribution is 7.89. The summed E-state index contributed by atoms with van der Waals surface area (Å²) in [7, 11) is -3.46. The summed E-state index contributed by atoms with van der Waals surface area (Å²) in [6, 6.07) is -0.333. The third-order valence-corrected chi connectivity index (χ3v) is 4.64. The van der Waals surface area contributed by atoms with E-state index in [-0.39, 0.29) is 24.6 Å². The molecule has 0 aliphatic heterocycles. The van der Waals surface area contributed by atoms with Gasteiger partial charge >= 0.3 is 5.97 Å². The van der Waals surface area contributed by atoms with Crippen molar-refractivity contribution >= 4 is 27.3 Å². The van der Waals surface area contributed by atoms with Crippen LogP contribution in [0.4, 0.5) is 0 Å². The summed E-state index contributed by atoms with van der Waals surface area (Å²) in [6.45, 7) is 1.87. The van der Waals surface area contributed by atoms with Gasteiger partial charge in [0.1, 0.15) is 5.01 Å². The van der Waals surface area contributed by atoms with Crippen LogP contribution in [0.2, 0.25) is 0 Å². The average molecular weight is 292 g/mol. The lowest BCUT2D eigenvalue weighted by molar-refractivity contribution is -0.137. The van der Waals surface area contributed by atoms with Crippen LogP contribution in [-0.2, 0) is 14.8 Å². The molecule has 2 N–H and O–H groups in total. The van der Waals surface area contributed by atoms with Crippen LogP contribution in [-0.4, -0.2) is 30.2 Å². The molecule has 0 aliphatic rings. The van der Waals surface area contributed by atoms with Gasteiger partial charge in [-0.05, 0) is 12.8 Å². The SMILES string of the molecule is CCC(NS(=O)(=O)CCCC(=O)O)c1nccs1. The fraction of sp³-hybridized carbons (Fsp3) is 0.600. The minimum atomic E-state index is -3.46. The number of nitrogens with zero attached hydrogens (tertiary/aromatic N) is 1. The number of nitrogens with one attached hydrogen (secondary N) is 1. The minimum Gasteiger partial charge on any atom is -0.481 e. The smallest absolute Gasteiger partial charge is 0.303 e. The summed E-state index contributed by atoms with van der Waals surface area (Å²) < 4.78 is 26.0. The zero-order valence-corrected chi connectivity index (χ0v) is 11.6. The molecule has 8 heteroatoms. The van der Waals surface area contributed by atoms with Gasteiger partial charge in [0.25, 0.3) is 0 Å². The molecule has 6 nitrogen and oxygen atoms in total.